The summed E-state index contributed by atoms with van der Waals surface area (Å²) < 4.78 is 3.11. The van der Waals surface area contributed by atoms with Crippen LogP contribution in [0, 0.1) is 11.3 Å². The summed E-state index contributed by atoms with van der Waals surface area (Å²) in [7, 11) is 0. The van der Waals surface area contributed by atoms with E-state index in [9.17, 15) is 14.9 Å². The standard InChI is InChI=1S/C27H18ClN5O2/c28-21-11-9-19(10-12-21)26(34)31-24-20(17-29)16-22-25(30-23-8-4-5-14-32(23)27(22)35)33(24)15-13-18-6-2-1-3-7-18/h1-12,14,16H,13,15H2. The molecular formula is C27H18ClN5O2. The Kier molecular flexibility index (Phi) is 5.96. The van der Waals surface area contributed by atoms with E-state index in [1.807, 2.05) is 30.3 Å². The maximum Gasteiger partial charge on any atom is 0.278 e. The first-order valence-electron chi connectivity index (χ1n) is 10.9. The number of halogens is 1. The monoisotopic (exact) mass is 479 g/mol. The molecule has 0 aliphatic carbocycles. The average molecular weight is 480 g/mol. The molecule has 0 N–H and O–H groups in total. The van der Waals surface area contributed by atoms with E-state index < -0.39 is 5.91 Å². The summed E-state index contributed by atoms with van der Waals surface area (Å²) in [6, 6.07) is 25.0. The van der Waals surface area contributed by atoms with E-state index in [0.29, 0.717) is 34.8 Å². The molecular weight excluding hydrogens is 462 g/mol. The highest BCUT2D eigenvalue weighted by Gasteiger charge is 2.15. The molecule has 0 atom stereocenters. The van der Waals surface area contributed by atoms with Crippen LogP contribution in [0.15, 0.2) is 94.8 Å². The van der Waals surface area contributed by atoms with Gasteiger partial charge >= 0.3 is 0 Å². The minimum absolute atomic E-state index is 0.114. The van der Waals surface area contributed by atoms with Gasteiger partial charge in [0.1, 0.15) is 17.4 Å². The number of hydrogen-bond acceptors (Lipinski definition) is 4. The molecule has 0 aliphatic heterocycles. The molecule has 0 saturated carbocycles. The fourth-order valence-electron chi connectivity index (χ4n) is 3.93. The van der Waals surface area contributed by atoms with Crippen LogP contribution in [0.4, 0.5) is 0 Å². The number of carbonyl (C=O) groups excluding carboxylic acids is 1. The SMILES string of the molecule is N#Cc1cc2c(=O)n3ccccc3nc2n(CCc2ccccc2)c1=NC(=O)c1ccc(Cl)cc1. The minimum atomic E-state index is -0.525. The Morgan fingerprint density at radius 3 is 2.51 bits per heavy atom. The van der Waals surface area contributed by atoms with Gasteiger partial charge in [-0.2, -0.15) is 10.3 Å². The maximum atomic E-state index is 13.3. The summed E-state index contributed by atoms with van der Waals surface area (Å²) in [6.45, 7) is 0.359. The number of aryl methyl sites for hydroxylation is 2. The number of pyridine rings is 2. The lowest BCUT2D eigenvalue weighted by Gasteiger charge is -2.13. The van der Waals surface area contributed by atoms with E-state index in [1.54, 1.807) is 53.2 Å². The van der Waals surface area contributed by atoms with Gasteiger partial charge in [-0.05, 0) is 54.4 Å². The van der Waals surface area contributed by atoms with Crippen molar-refractivity contribution in [2.24, 2.45) is 4.99 Å². The zero-order valence-corrected chi connectivity index (χ0v) is 19.2. The van der Waals surface area contributed by atoms with Crippen molar-refractivity contribution in [1.29, 1.82) is 5.26 Å². The smallest absolute Gasteiger partial charge is 0.278 e. The van der Waals surface area contributed by atoms with Crippen molar-refractivity contribution in [2.75, 3.05) is 0 Å². The summed E-state index contributed by atoms with van der Waals surface area (Å²) in [5, 5.41) is 10.7. The van der Waals surface area contributed by atoms with Crippen LogP contribution in [0.5, 0.6) is 0 Å². The number of amides is 1. The molecule has 0 aliphatic rings. The van der Waals surface area contributed by atoms with Gasteiger partial charge in [-0.1, -0.05) is 48.0 Å². The first-order chi connectivity index (χ1) is 17.0. The number of fused-ring (bicyclic) bond motifs is 2. The van der Waals surface area contributed by atoms with Gasteiger partial charge in [0.25, 0.3) is 11.5 Å². The van der Waals surface area contributed by atoms with Crippen LogP contribution in [0.25, 0.3) is 16.7 Å². The van der Waals surface area contributed by atoms with Crippen molar-refractivity contribution in [3.05, 3.63) is 123 Å². The van der Waals surface area contributed by atoms with Gasteiger partial charge in [0.15, 0.2) is 5.49 Å². The van der Waals surface area contributed by atoms with Crippen molar-refractivity contribution in [3.63, 3.8) is 0 Å². The lowest BCUT2D eigenvalue weighted by Crippen LogP contribution is -2.30. The van der Waals surface area contributed by atoms with Gasteiger partial charge in [0, 0.05) is 23.3 Å². The quantitative estimate of drug-likeness (QED) is 0.362. The van der Waals surface area contributed by atoms with Crippen molar-refractivity contribution in [1.82, 2.24) is 14.0 Å². The molecule has 2 aromatic carbocycles. The molecule has 0 unspecified atom stereocenters. The van der Waals surface area contributed by atoms with Crippen LogP contribution >= 0.6 is 11.6 Å². The zero-order chi connectivity index (χ0) is 24.4. The normalized spacial score (nSPS) is 11.6. The Labute approximate surface area is 204 Å². The van der Waals surface area contributed by atoms with E-state index in [4.69, 9.17) is 16.6 Å². The zero-order valence-electron chi connectivity index (χ0n) is 18.4. The minimum Gasteiger partial charge on any atom is -0.309 e. The third kappa shape index (κ3) is 4.35. The fourth-order valence-corrected chi connectivity index (χ4v) is 4.06. The van der Waals surface area contributed by atoms with Crippen LogP contribution in [-0.2, 0) is 13.0 Å². The van der Waals surface area contributed by atoms with Crippen LogP contribution in [0.2, 0.25) is 5.02 Å². The van der Waals surface area contributed by atoms with E-state index in [2.05, 4.69) is 11.1 Å². The third-order valence-corrected chi connectivity index (χ3v) is 5.93. The van der Waals surface area contributed by atoms with Crippen molar-refractivity contribution in [2.45, 2.75) is 13.0 Å². The van der Waals surface area contributed by atoms with Crippen molar-refractivity contribution >= 4 is 34.2 Å². The van der Waals surface area contributed by atoms with E-state index in [-0.39, 0.29) is 22.0 Å². The molecule has 7 nitrogen and oxygen atoms in total. The van der Waals surface area contributed by atoms with Gasteiger partial charge in [0.2, 0.25) is 0 Å². The second-order valence-corrected chi connectivity index (χ2v) is 8.32. The molecule has 1 amide bonds. The molecule has 0 bridgehead atoms. The van der Waals surface area contributed by atoms with E-state index >= 15 is 0 Å². The summed E-state index contributed by atoms with van der Waals surface area (Å²) in [5.41, 5.74) is 2.18. The van der Waals surface area contributed by atoms with Gasteiger partial charge in [0.05, 0.1) is 10.9 Å². The summed E-state index contributed by atoms with van der Waals surface area (Å²) in [5.74, 6) is -0.525. The molecule has 3 aromatic heterocycles. The molecule has 0 fully saturated rings. The maximum absolute atomic E-state index is 13.3. The second kappa shape index (κ2) is 9.37. The highest BCUT2D eigenvalue weighted by Crippen LogP contribution is 2.13. The first kappa shape index (κ1) is 22.3. The van der Waals surface area contributed by atoms with Crippen molar-refractivity contribution in [3.8, 4) is 6.07 Å². The second-order valence-electron chi connectivity index (χ2n) is 7.89. The summed E-state index contributed by atoms with van der Waals surface area (Å²) in [4.78, 5) is 35.3. The van der Waals surface area contributed by atoms with Crippen LogP contribution < -0.4 is 11.0 Å². The molecule has 5 rings (SSSR count). The summed E-state index contributed by atoms with van der Waals surface area (Å²) >= 11 is 5.95. The molecule has 3 heterocycles. The van der Waals surface area contributed by atoms with Gasteiger partial charge in [-0.25, -0.2) is 4.98 Å². The number of nitrogens with zero attached hydrogens (tertiary/aromatic N) is 5. The Morgan fingerprint density at radius 2 is 1.77 bits per heavy atom. The van der Waals surface area contributed by atoms with Crippen LogP contribution in [-0.4, -0.2) is 19.9 Å². The molecule has 0 saturated heterocycles. The predicted molar refractivity (Wildman–Crippen MR) is 133 cm³/mol. The van der Waals surface area contributed by atoms with Crippen LogP contribution in [0.3, 0.4) is 0 Å². The number of carbonyl (C=O) groups is 1. The fraction of sp³-hybridized carbons (Fsp3) is 0.0741. The largest absolute Gasteiger partial charge is 0.309 e. The Bertz CT molecular complexity index is 1750. The highest BCUT2D eigenvalue weighted by molar-refractivity contribution is 6.30. The lowest BCUT2D eigenvalue weighted by atomic mass is 10.1. The first-order valence-corrected chi connectivity index (χ1v) is 11.3. The number of aromatic nitrogens is 3. The van der Waals surface area contributed by atoms with Gasteiger partial charge in [-0.3, -0.25) is 14.0 Å². The van der Waals surface area contributed by atoms with E-state index in [0.717, 1.165) is 5.56 Å². The molecule has 35 heavy (non-hydrogen) atoms. The topological polar surface area (TPSA) is 92.5 Å². The average Bonchev–Trinajstić information content (AvgIpc) is 2.89. The molecule has 5 aromatic rings. The number of hydrogen-bond donors (Lipinski definition) is 0. The lowest BCUT2D eigenvalue weighted by molar-refractivity contribution is 0.0997. The molecule has 0 radical (unpaired) electrons. The molecule has 8 heteroatoms. The third-order valence-electron chi connectivity index (χ3n) is 5.68. The Hall–Kier alpha value is -4.54. The summed E-state index contributed by atoms with van der Waals surface area (Å²) in [6.07, 6.45) is 2.22. The van der Waals surface area contributed by atoms with Crippen molar-refractivity contribution < 1.29 is 4.79 Å². The number of nitriles is 1. The van der Waals surface area contributed by atoms with E-state index in [1.165, 1.54) is 10.5 Å². The molecule has 0 spiro atoms. The predicted octanol–water partition coefficient (Wildman–Crippen LogP) is 4.16. The Balaban J connectivity index is 1.79. The number of benzene rings is 2. The molecule has 170 valence electrons. The van der Waals surface area contributed by atoms with Crippen LogP contribution in [0.1, 0.15) is 21.5 Å². The Morgan fingerprint density at radius 1 is 1.03 bits per heavy atom. The highest BCUT2D eigenvalue weighted by atomic mass is 35.5. The van der Waals surface area contributed by atoms with Gasteiger partial charge < -0.3 is 4.57 Å². The number of rotatable bonds is 4. The van der Waals surface area contributed by atoms with Gasteiger partial charge in [-0.15, -0.1) is 0 Å².